The SMILES string of the molecule is COc1ccc(/C=C(/NC(=O)c2ccccc2)C(=O)Nc2cccc(SCN3C(=O)c4ccccc4C3=O)c2)cc1OC. The zero-order valence-corrected chi connectivity index (χ0v) is 24.1. The second-order valence-corrected chi connectivity index (χ2v) is 10.4. The van der Waals surface area contributed by atoms with Crippen molar-refractivity contribution in [1.29, 1.82) is 0 Å². The zero-order chi connectivity index (χ0) is 30.3. The number of anilines is 1. The van der Waals surface area contributed by atoms with E-state index >= 15 is 0 Å². The van der Waals surface area contributed by atoms with E-state index in [1.54, 1.807) is 97.1 Å². The lowest BCUT2D eigenvalue weighted by atomic mass is 10.1. The predicted molar refractivity (Wildman–Crippen MR) is 164 cm³/mol. The van der Waals surface area contributed by atoms with Crippen LogP contribution in [-0.2, 0) is 4.79 Å². The number of imide groups is 1. The minimum Gasteiger partial charge on any atom is -0.493 e. The number of nitrogens with zero attached hydrogens (tertiary/aromatic N) is 1. The first-order valence-corrected chi connectivity index (χ1v) is 14.2. The zero-order valence-electron chi connectivity index (χ0n) is 23.3. The normalized spacial score (nSPS) is 12.5. The van der Waals surface area contributed by atoms with Crippen molar-refractivity contribution >= 4 is 47.2 Å². The molecule has 0 atom stereocenters. The molecule has 5 rings (SSSR count). The Kier molecular flexibility index (Phi) is 8.88. The van der Waals surface area contributed by atoms with Crippen LogP contribution in [0.15, 0.2) is 108 Å². The number of carbonyl (C=O) groups excluding carboxylic acids is 4. The number of rotatable bonds is 10. The lowest BCUT2D eigenvalue weighted by Gasteiger charge is -2.14. The minimum absolute atomic E-state index is 0.00477. The van der Waals surface area contributed by atoms with Crippen LogP contribution in [-0.4, -0.2) is 48.6 Å². The fourth-order valence-electron chi connectivity index (χ4n) is 4.41. The molecule has 0 radical (unpaired) electrons. The summed E-state index contributed by atoms with van der Waals surface area (Å²) in [5.41, 5.74) is 2.23. The summed E-state index contributed by atoms with van der Waals surface area (Å²) in [6, 6.07) is 27.4. The Labute approximate surface area is 252 Å². The Balaban J connectivity index is 1.34. The van der Waals surface area contributed by atoms with Crippen LogP contribution in [0.2, 0.25) is 0 Å². The Morgan fingerprint density at radius 2 is 1.47 bits per heavy atom. The molecular formula is C33H27N3O6S. The highest BCUT2D eigenvalue weighted by molar-refractivity contribution is 7.99. The van der Waals surface area contributed by atoms with E-state index < -0.39 is 11.8 Å². The smallest absolute Gasteiger partial charge is 0.272 e. The third-order valence-electron chi connectivity index (χ3n) is 6.58. The molecule has 4 amide bonds. The Hall–Kier alpha value is -5.35. The van der Waals surface area contributed by atoms with Crippen LogP contribution in [0.3, 0.4) is 0 Å². The van der Waals surface area contributed by atoms with Crippen molar-refractivity contribution in [3.8, 4) is 11.5 Å². The number of thioether (sulfide) groups is 1. The number of fused-ring (bicyclic) bond motifs is 1. The molecule has 4 aromatic carbocycles. The summed E-state index contributed by atoms with van der Waals surface area (Å²) >= 11 is 1.29. The molecule has 216 valence electrons. The number of carbonyl (C=O) groups is 4. The largest absolute Gasteiger partial charge is 0.493 e. The molecule has 0 fully saturated rings. The van der Waals surface area contributed by atoms with Gasteiger partial charge in [-0.25, -0.2) is 0 Å². The predicted octanol–water partition coefficient (Wildman–Crippen LogP) is 5.46. The number of methoxy groups -OCH3 is 2. The van der Waals surface area contributed by atoms with Crippen LogP contribution < -0.4 is 20.1 Å². The second-order valence-electron chi connectivity index (χ2n) is 9.33. The lowest BCUT2D eigenvalue weighted by molar-refractivity contribution is -0.113. The summed E-state index contributed by atoms with van der Waals surface area (Å²) in [5, 5.41) is 5.55. The molecule has 10 heteroatoms. The summed E-state index contributed by atoms with van der Waals surface area (Å²) in [4.78, 5) is 53.8. The molecule has 1 heterocycles. The van der Waals surface area contributed by atoms with E-state index in [0.717, 1.165) is 4.90 Å². The lowest BCUT2D eigenvalue weighted by Crippen LogP contribution is -2.30. The molecule has 2 N–H and O–H groups in total. The van der Waals surface area contributed by atoms with Gasteiger partial charge < -0.3 is 20.1 Å². The van der Waals surface area contributed by atoms with E-state index in [9.17, 15) is 19.2 Å². The van der Waals surface area contributed by atoms with Crippen molar-refractivity contribution in [1.82, 2.24) is 10.2 Å². The summed E-state index contributed by atoms with van der Waals surface area (Å²) < 4.78 is 10.7. The number of nitrogens with one attached hydrogen (secondary N) is 2. The van der Waals surface area contributed by atoms with E-state index in [-0.39, 0.29) is 23.4 Å². The summed E-state index contributed by atoms with van der Waals surface area (Å²) in [6.45, 7) is 0. The maximum absolute atomic E-state index is 13.5. The fraction of sp³-hybridized carbons (Fsp3) is 0.0909. The third-order valence-corrected chi connectivity index (χ3v) is 7.55. The molecular weight excluding hydrogens is 566 g/mol. The molecule has 0 aromatic heterocycles. The first-order valence-electron chi connectivity index (χ1n) is 13.2. The Bertz CT molecular complexity index is 1700. The molecule has 1 aliphatic heterocycles. The van der Waals surface area contributed by atoms with Crippen molar-refractivity contribution in [3.05, 3.63) is 125 Å². The van der Waals surface area contributed by atoms with Gasteiger partial charge in [-0.1, -0.05) is 42.5 Å². The topological polar surface area (TPSA) is 114 Å². The van der Waals surface area contributed by atoms with Crippen LogP contribution in [0.4, 0.5) is 5.69 Å². The van der Waals surface area contributed by atoms with Crippen LogP contribution in [0.1, 0.15) is 36.6 Å². The standard InChI is InChI=1S/C33H27N3O6S/c1-41-28-16-15-21(18-29(28)42-2)17-27(35-30(37)22-9-4-3-5-10-22)31(38)34-23-11-8-12-24(19-23)43-20-36-32(39)25-13-6-7-14-26(25)33(36)40/h3-19H,20H2,1-2H3,(H,34,38)(H,35,37)/b27-17+. The van der Waals surface area contributed by atoms with Gasteiger partial charge in [0.15, 0.2) is 11.5 Å². The van der Waals surface area contributed by atoms with E-state index in [1.807, 2.05) is 6.07 Å². The number of amides is 4. The number of hydrogen-bond donors (Lipinski definition) is 2. The fourth-order valence-corrected chi connectivity index (χ4v) is 5.31. The van der Waals surface area contributed by atoms with Gasteiger partial charge in [0, 0.05) is 16.1 Å². The number of hydrogen-bond acceptors (Lipinski definition) is 7. The average Bonchev–Trinajstić information content (AvgIpc) is 3.28. The molecule has 0 aliphatic carbocycles. The van der Waals surface area contributed by atoms with Crippen molar-refractivity contribution in [2.45, 2.75) is 4.90 Å². The monoisotopic (exact) mass is 593 g/mol. The van der Waals surface area contributed by atoms with Crippen LogP contribution >= 0.6 is 11.8 Å². The van der Waals surface area contributed by atoms with Gasteiger partial charge in [-0.2, -0.15) is 0 Å². The van der Waals surface area contributed by atoms with E-state index in [2.05, 4.69) is 10.6 Å². The van der Waals surface area contributed by atoms with Gasteiger partial charge in [0.1, 0.15) is 5.70 Å². The summed E-state index contributed by atoms with van der Waals surface area (Å²) in [7, 11) is 3.04. The van der Waals surface area contributed by atoms with Gasteiger partial charge >= 0.3 is 0 Å². The van der Waals surface area contributed by atoms with Crippen molar-refractivity contribution < 1.29 is 28.7 Å². The van der Waals surface area contributed by atoms with Crippen molar-refractivity contribution in [2.75, 3.05) is 25.4 Å². The van der Waals surface area contributed by atoms with E-state index in [0.29, 0.717) is 39.4 Å². The maximum Gasteiger partial charge on any atom is 0.272 e. The van der Waals surface area contributed by atoms with E-state index in [1.165, 1.54) is 30.9 Å². The second kappa shape index (κ2) is 13.1. The van der Waals surface area contributed by atoms with Gasteiger partial charge in [0.25, 0.3) is 23.6 Å². The summed E-state index contributed by atoms with van der Waals surface area (Å²) in [6.07, 6.45) is 1.54. The maximum atomic E-state index is 13.5. The average molecular weight is 594 g/mol. The molecule has 0 saturated heterocycles. The molecule has 0 unspecified atom stereocenters. The van der Waals surface area contributed by atoms with Gasteiger partial charge in [-0.15, -0.1) is 11.8 Å². The highest BCUT2D eigenvalue weighted by Gasteiger charge is 2.34. The molecule has 0 spiro atoms. The molecule has 1 aliphatic rings. The Morgan fingerprint density at radius 1 is 0.791 bits per heavy atom. The third kappa shape index (κ3) is 6.60. The first kappa shape index (κ1) is 29.2. The van der Waals surface area contributed by atoms with Crippen molar-refractivity contribution in [3.63, 3.8) is 0 Å². The van der Waals surface area contributed by atoms with Crippen LogP contribution in [0.5, 0.6) is 11.5 Å². The highest BCUT2D eigenvalue weighted by Crippen LogP contribution is 2.30. The molecule has 9 nitrogen and oxygen atoms in total. The van der Waals surface area contributed by atoms with Crippen LogP contribution in [0.25, 0.3) is 6.08 Å². The number of benzene rings is 4. The quantitative estimate of drug-likeness (QED) is 0.143. The van der Waals surface area contributed by atoms with E-state index in [4.69, 9.17) is 9.47 Å². The van der Waals surface area contributed by atoms with Gasteiger partial charge in [0.2, 0.25) is 0 Å². The van der Waals surface area contributed by atoms with Gasteiger partial charge in [-0.3, -0.25) is 24.1 Å². The number of ether oxygens (including phenoxy) is 2. The van der Waals surface area contributed by atoms with Crippen LogP contribution in [0, 0.1) is 0 Å². The summed E-state index contributed by atoms with van der Waals surface area (Å²) in [5.74, 6) is -0.577. The van der Waals surface area contributed by atoms with Gasteiger partial charge in [-0.05, 0) is 66.2 Å². The first-order chi connectivity index (χ1) is 20.9. The Morgan fingerprint density at radius 3 is 2.14 bits per heavy atom. The molecule has 43 heavy (non-hydrogen) atoms. The van der Waals surface area contributed by atoms with Crippen molar-refractivity contribution in [2.24, 2.45) is 0 Å². The molecule has 4 aromatic rings. The highest BCUT2D eigenvalue weighted by atomic mass is 32.2. The molecule has 0 saturated carbocycles. The molecule has 0 bridgehead atoms. The minimum atomic E-state index is -0.554. The van der Waals surface area contributed by atoms with Gasteiger partial charge in [0.05, 0.1) is 31.2 Å².